The topological polar surface area (TPSA) is 3.24 Å². The zero-order valence-corrected chi connectivity index (χ0v) is 13.1. The van der Waals surface area contributed by atoms with E-state index in [1.54, 1.807) is 0 Å². The monoisotopic (exact) mass is 241 g/mol. The fraction of sp³-hybridized carbons (Fsp3) is 1.00. The van der Waals surface area contributed by atoms with Crippen LogP contribution in [0.25, 0.3) is 0 Å². The summed E-state index contributed by atoms with van der Waals surface area (Å²) in [5.74, 6) is 1.78. The SMILES string of the molecule is CCCN(CCCC(CC)C(C)C)C(C)CC. The number of hydrogen-bond acceptors (Lipinski definition) is 1. The molecule has 0 bridgehead atoms. The molecule has 0 radical (unpaired) electrons. The van der Waals surface area contributed by atoms with Crippen LogP contribution in [0.2, 0.25) is 0 Å². The van der Waals surface area contributed by atoms with Gasteiger partial charge in [-0.15, -0.1) is 0 Å². The summed E-state index contributed by atoms with van der Waals surface area (Å²) in [6.07, 6.45) is 6.69. The van der Waals surface area contributed by atoms with Crippen LogP contribution < -0.4 is 0 Å². The molecule has 0 aromatic rings. The molecule has 2 atom stereocenters. The number of rotatable bonds is 10. The first kappa shape index (κ1) is 17.0. The van der Waals surface area contributed by atoms with E-state index in [2.05, 4.69) is 46.4 Å². The van der Waals surface area contributed by atoms with Gasteiger partial charge in [0.05, 0.1) is 0 Å². The van der Waals surface area contributed by atoms with Crippen LogP contribution in [0.15, 0.2) is 0 Å². The van der Waals surface area contributed by atoms with E-state index in [-0.39, 0.29) is 0 Å². The van der Waals surface area contributed by atoms with E-state index in [0.29, 0.717) is 0 Å². The molecule has 0 aliphatic carbocycles. The van der Waals surface area contributed by atoms with Gasteiger partial charge in [0.15, 0.2) is 0 Å². The molecular weight excluding hydrogens is 206 g/mol. The Morgan fingerprint density at radius 3 is 1.94 bits per heavy atom. The predicted octanol–water partition coefficient (Wildman–Crippen LogP) is 4.96. The summed E-state index contributed by atoms with van der Waals surface area (Å²) < 4.78 is 0. The highest BCUT2D eigenvalue weighted by Gasteiger charge is 2.14. The van der Waals surface area contributed by atoms with Crippen molar-refractivity contribution in [3.05, 3.63) is 0 Å². The zero-order chi connectivity index (χ0) is 13.3. The second-order valence-corrected chi connectivity index (χ2v) is 5.85. The predicted molar refractivity (Wildman–Crippen MR) is 79.5 cm³/mol. The Hall–Kier alpha value is -0.0400. The maximum atomic E-state index is 2.67. The van der Waals surface area contributed by atoms with Gasteiger partial charge < -0.3 is 4.90 Å². The zero-order valence-electron chi connectivity index (χ0n) is 13.1. The van der Waals surface area contributed by atoms with Crippen molar-refractivity contribution in [3.8, 4) is 0 Å². The minimum absolute atomic E-state index is 0.758. The van der Waals surface area contributed by atoms with Crippen LogP contribution in [-0.2, 0) is 0 Å². The van der Waals surface area contributed by atoms with Crippen LogP contribution in [0.3, 0.4) is 0 Å². The van der Waals surface area contributed by atoms with Crippen molar-refractivity contribution in [2.24, 2.45) is 11.8 Å². The average molecular weight is 241 g/mol. The molecule has 0 spiro atoms. The molecule has 0 N–H and O–H groups in total. The molecule has 0 aliphatic heterocycles. The van der Waals surface area contributed by atoms with Crippen LogP contribution in [-0.4, -0.2) is 24.0 Å². The Kier molecular flexibility index (Phi) is 9.91. The van der Waals surface area contributed by atoms with Crippen molar-refractivity contribution in [3.63, 3.8) is 0 Å². The molecule has 0 saturated carbocycles. The van der Waals surface area contributed by atoms with Crippen LogP contribution in [0.4, 0.5) is 0 Å². The van der Waals surface area contributed by atoms with Gasteiger partial charge in [-0.2, -0.15) is 0 Å². The fourth-order valence-electron chi connectivity index (χ4n) is 2.66. The van der Waals surface area contributed by atoms with Crippen LogP contribution >= 0.6 is 0 Å². The van der Waals surface area contributed by atoms with Crippen molar-refractivity contribution in [1.82, 2.24) is 4.90 Å². The van der Waals surface area contributed by atoms with Crippen LogP contribution in [0.1, 0.15) is 73.6 Å². The van der Waals surface area contributed by atoms with E-state index in [9.17, 15) is 0 Å². The Labute approximate surface area is 110 Å². The first-order valence-electron chi connectivity index (χ1n) is 7.80. The molecule has 0 saturated heterocycles. The van der Waals surface area contributed by atoms with E-state index < -0.39 is 0 Å². The molecule has 0 amide bonds. The molecular formula is C16H35N. The summed E-state index contributed by atoms with van der Waals surface area (Å²) in [6.45, 7) is 16.6. The molecule has 0 fully saturated rings. The quantitative estimate of drug-likeness (QED) is 0.522. The largest absolute Gasteiger partial charge is 0.301 e. The number of hydrogen-bond donors (Lipinski definition) is 0. The van der Waals surface area contributed by atoms with Gasteiger partial charge in [-0.1, -0.05) is 41.0 Å². The Morgan fingerprint density at radius 2 is 1.53 bits per heavy atom. The van der Waals surface area contributed by atoms with Gasteiger partial charge >= 0.3 is 0 Å². The molecule has 0 heterocycles. The van der Waals surface area contributed by atoms with Gasteiger partial charge in [-0.25, -0.2) is 0 Å². The summed E-state index contributed by atoms with van der Waals surface area (Å²) in [6, 6.07) is 0.758. The minimum Gasteiger partial charge on any atom is -0.301 e. The number of nitrogens with zero attached hydrogens (tertiary/aromatic N) is 1. The fourth-order valence-corrected chi connectivity index (χ4v) is 2.66. The van der Waals surface area contributed by atoms with Gasteiger partial charge in [-0.05, 0) is 57.5 Å². The molecule has 0 aromatic heterocycles. The highest BCUT2D eigenvalue weighted by atomic mass is 15.1. The molecule has 0 aliphatic rings. The van der Waals surface area contributed by atoms with Crippen molar-refractivity contribution < 1.29 is 0 Å². The van der Waals surface area contributed by atoms with Crippen LogP contribution in [0.5, 0.6) is 0 Å². The lowest BCUT2D eigenvalue weighted by molar-refractivity contribution is 0.191. The lowest BCUT2D eigenvalue weighted by Crippen LogP contribution is -2.34. The minimum atomic E-state index is 0.758. The van der Waals surface area contributed by atoms with Crippen molar-refractivity contribution >= 4 is 0 Å². The van der Waals surface area contributed by atoms with E-state index in [1.807, 2.05) is 0 Å². The highest BCUT2D eigenvalue weighted by molar-refractivity contribution is 4.68. The maximum absolute atomic E-state index is 2.67. The van der Waals surface area contributed by atoms with Crippen molar-refractivity contribution in [2.75, 3.05) is 13.1 Å². The van der Waals surface area contributed by atoms with E-state index >= 15 is 0 Å². The Bertz CT molecular complexity index is 165. The molecule has 0 aromatic carbocycles. The summed E-state index contributed by atoms with van der Waals surface area (Å²) in [5.41, 5.74) is 0. The molecule has 17 heavy (non-hydrogen) atoms. The summed E-state index contributed by atoms with van der Waals surface area (Å²) in [5, 5.41) is 0. The average Bonchev–Trinajstić information content (AvgIpc) is 2.31. The molecule has 1 heteroatoms. The van der Waals surface area contributed by atoms with Gasteiger partial charge in [0.1, 0.15) is 0 Å². The summed E-state index contributed by atoms with van der Waals surface area (Å²) in [4.78, 5) is 2.67. The smallest absolute Gasteiger partial charge is 0.00642 e. The van der Waals surface area contributed by atoms with Gasteiger partial charge in [0.2, 0.25) is 0 Å². The molecule has 0 rings (SSSR count). The Balaban J connectivity index is 3.95. The van der Waals surface area contributed by atoms with Crippen molar-refractivity contribution in [2.45, 2.75) is 79.7 Å². The first-order chi connectivity index (χ1) is 8.06. The second kappa shape index (κ2) is 9.94. The van der Waals surface area contributed by atoms with Gasteiger partial charge in [-0.3, -0.25) is 0 Å². The third kappa shape index (κ3) is 7.08. The Morgan fingerprint density at radius 1 is 0.882 bits per heavy atom. The van der Waals surface area contributed by atoms with Gasteiger partial charge in [0.25, 0.3) is 0 Å². The van der Waals surface area contributed by atoms with Crippen LogP contribution in [0, 0.1) is 11.8 Å². The molecule has 104 valence electrons. The second-order valence-electron chi connectivity index (χ2n) is 5.85. The first-order valence-corrected chi connectivity index (χ1v) is 7.80. The van der Waals surface area contributed by atoms with E-state index in [1.165, 1.54) is 45.2 Å². The third-order valence-electron chi connectivity index (χ3n) is 4.21. The maximum Gasteiger partial charge on any atom is 0.00642 e. The molecule has 1 nitrogen and oxygen atoms in total. The normalized spacial score (nSPS) is 15.5. The molecule has 2 unspecified atom stereocenters. The standard InChI is InChI=1S/C16H35N/c1-7-12-17(15(6)8-2)13-10-11-16(9-3)14(4)5/h14-16H,7-13H2,1-6H3. The lowest BCUT2D eigenvalue weighted by atomic mass is 9.89. The summed E-state index contributed by atoms with van der Waals surface area (Å²) in [7, 11) is 0. The van der Waals surface area contributed by atoms with E-state index in [0.717, 1.165) is 17.9 Å². The van der Waals surface area contributed by atoms with E-state index in [4.69, 9.17) is 0 Å². The van der Waals surface area contributed by atoms with Crippen molar-refractivity contribution in [1.29, 1.82) is 0 Å². The third-order valence-corrected chi connectivity index (χ3v) is 4.21. The summed E-state index contributed by atoms with van der Waals surface area (Å²) >= 11 is 0. The van der Waals surface area contributed by atoms with Gasteiger partial charge in [0, 0.05) is 6.04 Å². The lowest BCUT2D eigenvalue weighted by Gasteiger charge is -2.29. The highest BCUT2D eigenvalue weighted by Crippen LogP contribution is 2.21.